The largest absolute Gasteiger partial charge is 0.508 e. The van der Waals surface area contributed by atoms with Crippen molar-refractivity contribution in [3.63, 3.8) is 0 Å². The van der Waals surface area contributed by atoms with Crippen LogP contribution in [0.2, 0.25) is 0 Å². The van der Waals surface area contributed by atoms with E-state index in [-0.39, 0.29) is 17.6 Å². The topological polar surface area (TPSA) is 110 Å². The molecule has 304 valence electrons. The number of carbonyl (C=O) groups is 3. The number of phenolic OH excluding ortho intramolecular Hbond substituents is 1. The van der Waals surface area contributed by atoms with Gasteiger partial charge in [0.15, 0.2) is 0 Å². The van der Waals surface area contributed by atoms with Gasteiger partial charge < -0.3 is 25.3 Å². The first-order chi connectivity index (χ1) is 27.4. The van der Waals surface area contributed by atoms with E-state index in [1.165, 1.54) is 45.2 Å². The van der Waals surface area contributed by atoms with Crippen molar-refractivity contribution >= 4 is 33.7 Å². The Morgan fingerprint density at radius 3 is 2.05 bits per heavy atom. The summed E-state index contributed by atoms with van der Waals surface area (Å²) in [5.41, 5.74) is 5.82. The number of aromatic hydroxyl groups is 1. The van der Waals surface area contributed by atoms with Crippen LogP contribution in [0.1, 0.15) is 72.0 Å². The number of nitrogens with one attached hydrogen (secondary N) is 1. The number of piperidine rings is 2. The summed E-state index contributed by atoms with van der Waals surface area (Å²) in [5.74, 6) is -0.722. The van der Waals surface area contributed by atoms with E-state index >= 15 is 0 Å². The van der Waals surface area contributed by atoms with Crippen molar-refractivity contribution in [2.24, 2.45) is 11.8 Å². The number of carbonyl (C=O) groups excluding carboxylic acids is 2. The molecular formula is C45H51BrF3N3O5. The molecule has 4 aromatic carbocycles. The van der Waals surface area contributed by atoms with E-state index in [2.05, 4.69) is 45.5 Å². The molecule has 2 heterocycles. The highest BCUT2D eigenvalue weighted by atomic mass is 79.9. The Labute approximate surface area is 341 Å². The highest BCUT2D eigenvalue weighted by molar-refractivity contribution is 9.10. The molecule has 0 spiro atoms. The minimum atomic E-state index is -5.08. The summed E-state index contributed by atoms with van der Waals surface area (Å²) in [6.45, 7) is 5.05. The lowest BCUT2D eigenvalue weighted by Crippen LogP contribution is -2.38. The number of nitrogens with zero attached hydrogens (tertiary/aromatic N) is 2. The van der Waals surface area contributed by atoms with Gasteiger partial charge >= 0.3 is 12.1 Å². The second kappa shape index (κ2) is 21.2. The number of aliphatic carboxylic acids is 1. The van der Waals surface area contributed by atoms with E-state index in [1.807, 2.05) is 70.5 Å². The lowest BCUT2D eigenvalue weighted by atomic mass is 9.87. The minimum Gasteiger partial charge on any atom is -0.508 e. The summed E-state index contributed by atoms with van der Waals surface area (Å²) in [6.07, 6.45) is 4.71. The Kier molecular flexibility index (Phi) is 16.1. The molecule has 57 heavy (non-hydrogen) atoms. The Bertz CT molecular complexity index is 1930. The number of benzene rings is 4. The predicted molar refractivity (Wildman–Crippen MR) is 219 cm³/mol. The molecular weight excluding hydrogens is 799 g/mol. The molecule has 2 amide bonds. The van der Waals surface area contributed by atoms with Crippen molar-refractivity contribution < 1.29 is 37.8 Å². The fourth-order valence-corrected chi connectivity index (χ4v) is 7.93. The molecule has 6 rings (SSSR count). The van der Waals surface area contributed by atoms with Gasteiger partial charge in [-0.2, -0.15) is 13.2 Å². The Morgan fingerprint density at radius 2 is 1.40 bits per heavy atom. The molecule has 0 bridgehead atoms. The van der Waals surface area contributed by atoms with Crippen LogP contribution in [0.15, 0.2) is 102 Å². The number of alkyl halides is 3. The van der Waals surface area contributed by atoms with Crippen molar-refractivity contribution in [1.82, 2.24) is 15.1 Å². The van der Waals surface area contributed by atoms with Crippen molar-refractivity contribution in [2.75, 3.05) is 32.7 Å². The lowest BCUT2D eigenvalue weighted by Gasteiger charge is -2.32. The molecule has 2 saturated heterocycles. The third-order valence-corrected chi connectivity index (χ3v) is 11.6. The summed E-state index contributed by atoms with van der Waals surface area (Å²) in [6, 6.07) is 31.3. The van der Waals surface area contributed by atoms with Crippen LogP contribution in [-0.4, -0.2) is 76.7 Å². The maximum Gasteiger partial charge on any atom is 0.490 e. The average molecular weight is 851 g/mol. The van der Waals surface area contributed by atoms with Gasteiger partial charge in [0.25, 0.3) is 5.91 Å². The number of halogens is 4. The van der Waals surface area contributed by atoms with Gasteiger partial charge in [0.2, 0.25) is 5.91 Å². The molecule has 0 aliphatic carbocycles. The lowest BCUT2D eigenvalue weighted by molar-refractivity contribution is -0.192. The van der Waals surface area contributed by atoms with E-state index in [4.69, 9.17) is 9.90 Å². The second-order valence-corrected chi connectivity index (χ2v) is 15.8. The first-order valence-electron chi connectivity index (χ1n) is 19.6. The van der Waals surface area contributed by atoms with Gasteiger partial charge in [-0.3, -0.25) is 9.59 Å². The van der Waals surface area contributed by atoms with Gasteiger partial charge in [-0.25, -0.2) is 4.79 Å². The number of amides is 2. The maximum absolute atomic E-state index is 13.7. The number of rotatable bonds is 13. The highest BCUT2D eigenvalue weighted by Crippen LogP contribution is 2.28. The van der Waals surface area contributed by atoms with E-state index in [0.29, 0.717) is 25.9 Å². The number of carboxylic acid groups (broad SMARTS) is 1. The Balaban J connectivity index is 0.000000811. The smallest absolute Gasteiger partial charge is 0.490 e. The van der Waals surface area contributed by atoms with E-state index in [1.54, 1.807) is 12.1 Å². The number of hydrogen-bond acceptors (Lipinski definition) is 5. The van der Waals surface area contributed by atoms with Crippen molar-refractivity contribution in [1.29, 1.82) is 0 Å². The van der Waals surface area contributed by atoms with Crippen LogP contribution >= 0.6 is 15.9 Å². The standard InChI is InChI=1S/C43H50BrN3O3.C2HF3O2/c44-41-13-2-1-9-38(41)30-42(49)47(27-22-34-14-16-40(48)17-15-34)31-35-8-4-10-36(28-35)37-11-5-12-39(29-37)43(50)46-25-20-33(21-26-46)7-3-6-32-18-23-45-24-19-32;3-2(4,5)1(6)7/h1-2,4-5,8-17,28-29,32-33,45,48H,3,6-7,18-27,30-31H2;(H,6,7). The molecule has 2 aliphatic rings. The normalized spacial score (nSPS) is 15.1. The van der Waals surface area contributed by atoms with Gasteiger partial charge in [-0.1, -0.05) is 95.9 Å². The van der Waals surface area contributed by atoms with Crippen molar-refractivity contribution in [2.45, 2.75) is 70.5 Å². The Morgan fingerprint density at radius 1 is 0.789 bits per heavy atom. The van der Waals surface area contributed by atoms with Crippen molar-refractivity contribution in [3.05, 3.63) is 124 Å². The first-order valence-corrected chi connectivity index (χ1v) is 20.4. The molecule has 8 nitrogen and oxygen atoms in total. The van der Waals surface area contributed by atoms with Crippen LogP contribution in [-0.2, 0) is 29.0 Å². The first kappa shape index (κ1) is 43.4. The minimum absolute atomic E-state index is 0.0548. The highest BCUT2D eigenvalue weighted by Gasteiger charge is 2.38. The van der Waals surface area contributed by atoms with Gasteiger partial charge in [0.05, 0.1) is 6.42 Å². The zero-order valence-corrected chi connectivity index (χ0v) is 33.6. The summed E-state index contributed by atoms with van der Waals surface area (Å²) in [7, 11) is 0. The molecule has 12 heteroatoms. The SMILES string of the molecule is O=C(Cc1ccccc1Br)N(CCc1ccc(O)cc1)Cc1cccc(-c2cccc(C(=O)N3CCC(CCCC4CCNCC4)CC3)c2)c1.O=C(O)C(F)(F)F. The zero-order valence-electron chi connectivity index (χ0n) is 32.0. The second-order valence-electron chi connectivity index (χ2n) is 14.9. The van der Waals surface area contributed by atoms with Gasteiger partial charge in [-0.05, 0) is 121 Å². The number of likely N-dealkylation sites (tertiary alicyclic amines) is 1. The van der Waals surface area contributed by atoms with Gasteiger partial charge in [-0.15, -0.1) is 0 Å². The Hall–Kier alpha value is -4.68. The number of carboxylic acids is 1. The van der Waals surface area contributed by atoms with Crippen LogP contribution in [0, 0.1) is 11.8 Å². The summed E-state index contributed by atoms with van der Waals surface area (Å²) < 4.78 is 32.7. The molecule has 0 saturated carbocycles. The van der Waals surface area contributed by atoms with E-state index < -0.39 is 12.1 Å². The quantitative estimate of drug-likeness (QED) is 0.124. The van der Waals surface area contributed by atoms with Crippen LogP contribution in [0.5, 0.6) is 5.75 Å². The molecule has 2 fully saturated rings. The molecule has 0 aromatic heterocycles. The molecule has 0 radical (unpaired) electrons. The molecule has 3 N–H and O–H groups in total. The summed E-state index contributed by atoms with van der Waals surface area (Å²) >= 11 is 3.60. The van der Waals surface area contributed by atoms with Crippen LogP contribution in [0.4, 0.5) is 13.2 Å². The molecule has 4 aromatic rings. The monoisotopic (exact) mass is 849 g/mol. The summed E-state index contributed by atoms with van der Waals surface area (Å²) in [5, 5.41) is 20.3. The average Bonchev–Trinajstić information content (AvgIpc) is 3.21. The van der Waals surface area contributed by atoms with Crippen LogP contribution in [0.25, 0.3) is 11.1 Å². The number of phenols is 1. The predicted octanol–water partition coefficient (Wildman–Crippen LogP) is 9.29. The van der Waals surface area contributed by atoms with Crippen molar-refractivity contribution in [3.8, 4) is 16.9 Å². The fourth-order valence-electron chi connectivity index (χ4n) is 7.51. The van der Waals surface area contributed by atoms with Crippen LogP contribution < -0.4 is 5.32 Å². The van der Waals surface area contributed by atoms with E-state index in [9.17, 15) is 27.9 Å². The van der Waals surface area contributed by atoms with Gasteiger partial charge in [0.1, 0.15) is 5.75 Å². The number of hydrogen-bond donors (Lipinski definition) is 3. The van der Waals surface area contributed by atoms with Gasteiger partial charge in [0, 0.05) is 36.2 Å². The fraction of sp³-hybridized carbons (Fsp3) is 0.400. The molecule has 2 aliphatic heterocycles. The van der Waals surface area contributed by atoms with E-state index in [0.717, 1.165) is 75.6 Å². The molecule has 0 unspecified atom stereocenters. The third kappa shape index (κ3) is 13.7. The summed E-state index contributed by atoms with van der Waals surface area (Å²) in [4.78, 5) is 40.2. The maximum atomic E-state index is 13.7. The van der Waals surface area contributed by atoms with Crippen LogP contribution in [0.3, 0.4) is 0 Å². The zero-order chi connectivity index (χ0) is 40.8. The third-order valence-electron chi connectivity index (χ3n) is 10.8. The molecule has 0 atom stereocenters.